The number of nitrogen functional groups attached to an aromatic ring is 1. The van der Waals surface area contributed by atoms with E-state index in [9.17, 15) is 0 Å². The Hall–Kier alpha value is -0.880. The smallest absolute Gasteiger partial charge is 0.220 e. The summed E-state index contributed by atoms with van der Waals surface area (Å²) in [6.07, 6.45) is 2.67. The Balaban J connectivity index is 1.94. The van der Waals surface area contributed by atoms with Gasteiger partial charge >= 0.3 is 0 Å². The Morgan fingerprint density at radius 3 is 2.87 bits per heavy atom. The lowest BCUT2D eigenvalue weighted by atomic mass is 10.4. The minimum Gasteiger partial charge on any atom is -0.368 e. The van der Waals surface area contributed by atoms with Gasteiger partial charge in [0.2, 0.25) is 5.95 Å². The van der Waals surface area contributed by atoms with Crippen LogP contribution in [0.1, 0.15) is 19.8 Å². The molecule has 1 aliphatic carbocycles. The lowest BCUT2D eigenvalue weighted by molar-refractivity contribution is 0.266. The zero-order chi connectivity index (χ0) is 10.8. The predicted molar refractivity (Wildman–Crippen MR) is 62.1 cm³/mol. The molecular formula is C9H17N5S. The minimum atomic E-state index is 0.479. The summed E-state index contributed by atoms with van der Waals surface area (Å²) in [4.78, 5) is 2.47. The maximum atomic E-state index is 5.70. The van der Waals surface area contributed by atoms with E-state index in [4.69, 9.17) is 18.0 Å². The molecule has 1 fully saturated rings. The molecule has 0 atom stereocenters. The van der Waals surface area contributed by atoms with Gasteiger partial charge in [0.05, 0.1) is 0 Å². The van der Waals surface area contributed by atoms with E-state index in [-0.39, 0.29) is 0 Å². The number of aromatic nitrogens is 3. The minimum absolute atomic E-state index is 0.479. The van der Waals surface area contributed by atoms with Crippen LogP contribution in [0.15, 0.2) is 0 Å². The molecule has 0 bridgehead atoms. The van der Waals surface area contributed by atoms with Crippen LogP contribution in [-0.2, 0) is 6.54 Å². The first-order valence-corrected chi connectivity index (χ1v) is 5.78. The van der Waals surface area contributed by atoms with Crippen LogP contribution in [0.4, 0.5) is 5.95 Å². The zero-order valence-electron chi connectivity index (χ0n) is 8.94. The molecule has 15 heavy (non-hydrogen) atoms. The van der Waals surface area contributed by atoms with Crippen molar-refractivity contribution in [2.24, 2.45) is 0 Å². The Morgan fingerprint density at radius 1 is 1.67 bits per heavy atom. The SMILES string of the molecule is CCN(CCn1c(N)n[nH]c1=S)C1CC1. The molecule has 1 heterocycles. The Morgan fingerprint density at radius 2 is 2.40 bits per heavy atom. The molecule has 1 aromatic rings. The normalized spacial score (nSPS) is 16.1. The average molecular weight is 227 g/mol. The number of hydrogen-bond acceptors (Lipinski definition) is 4. The molecule has 0 aliphatic heterocycles. The summed E-state index contributed by atoms with van der Waals surface area (Å²) in [7, 11) is 0. The number of nitrogens with two attached hydrogens (primary N) is 1. The standard InChI is InChI=1S/C9H17N5S/c1-2-13(7-3-4-7)5-6-14-8(10)11-12-9(14)15/h7H,2-6H2,1H3,(H2,10,11)(H,12,15). The first-order chi connectivity index (χ1) is 7.22. The number of rotatable bonds is 5. The second-order valence-electron chi connectivity index (χ2n) is 3.90. The number of aromatic amines is 1. The van der Waals surface area contributed by atoms with Gasteiger partial charge in [0.1, 0.15) is 0 Å². The number of hydrogen-bond donors (Lipinski definition) is 2. The fourth-order valence-electron chi connectivity index (χ4n) is 1.81. The molecule has 0 spiro atoms. The summed E-state index contributed by atoms with van der Waals surface area (Å²) in [6.45, 7) is 5.11. The molecule has 0 saturated heterocycles. The summed E-state index contributed by atoms with van der Waals surface area (Å²) in [5, 5.41) is 6.58. The molecule has 1 aliphatic rings. The molecule has 6 heteroatoms. The molecule has 1 aromatic heterocycles. The van der Waals surface area contributed by atoms with Gasteiger partial charge in [-0.1, -0.05) is 6.92 Å². The molecule has 1 saturated carbocycles. The van der Waals surface area contributed by atoms with E-state index in [0.29, 0.717) is 10.7 Å². The highest BCUT2D eigenvalue weighted by atomic mass is 32.1. The van der Waals surface area contributed by atoms with Crippen molar-refractivity contribution in [2.75, 3.05) is 18.8 Å². The molecular weight excluding hydrogens is 210 g/mol. The molecule has 0 radical (unpaired) electrons. The molecule has 0 aromatic carbocycles. The summed E-state index contributed by atoms with van der Waals surface area (Å²) in [6, 6.07) is 0.789. The highest BCUT2D eigenvalue weighted by molar-refractivity contribution is 7.71. The van der Waals surface area contributed by atoms with Crippen molar-refractivity contribution in [1.29, 1.82) is 0 Å². The van der Waals surface area contributed by atoms with Crippen LogP contribution >= 0.6 is 12.2 Å². The van der Waals surface area contributed by atoms with E-state index in [1.165, 1.54) is 12.8 Å². The van der Waals surface area contributed by atoms with Gasteiger partial charge in [-0.15, -0.1) is 5.10 Å². The molecule has 5 nitrogen and oxygen atoms in total. The predicted octanol–water partition coefficient (Wildman–Crippen LogP) is 1.01. The van der Waals surface area contributed by atoms with Gasteiger partial charge in [0.25, 0.3) is 0 Å². The van der Waals surface area contributed by atoms with E-state index in [2.05, 4.69) is 22.0 Å². The van der Waals surface area contributed by atoms with Crippen molar-refractivity contribution >= 4 is 18.2 Å². The zero-order valence-corrected chi connectivity index (χ0v) is 9.76. The maximum absolute atomic E-state index is 5.70. The van der Waals surface area contributed by atoms with Crippen molar-refractivity contribution in [2.45, 2.75) is 32.4 Å². The number of nitrogens with zero attached hydrogens (tertiary/aromatic N) is 3. The van der Waals surface area contributed by atoms with E-state index >= 15 is 0 Å². The van der Waals surface area contributed by atoms with Crippen molar-refractivity contribution in [3.63, 3.8) is 0 Å². The second-order valence-corrected chi connectivity index (χ2v) is 4.29. The summed E-state index contributed by atoms with van der Waals surface area (Å²) >= 11 is 5.09. The van der Waals surface area contributed by atoms with Crippen LogP contribution in [0.5, 0.6) is 0 Å². The van der Waals surface area contributed by atoms with Gasteiger partial charge < -0.3 is 5.73 Å². The summed E-state index contributed by atoms with van der Waals surface area (Å²) < 4.78 is 2.46. The largest absolute Gasteiger partial charge is 0.368 e. The monoisotopic (exact) mass is 227 g/mol. The van der Waals surface area contributed by atoms with Gasteiger partial charge in [-0.3, -0.25) is 9.47 Å². The molecule has 0 amide bonds. The fraction of sp³-hybridized carbons (Fsp3) is 0.778. The first kappa shape index (κ1) is 10.6. The van der Waals surface area contributed by atoms with E-state index in [1.807, 2.05) is 4.57 Å². The Bertz CT molecular complexity index is 378. The van der Waals surface area contributed by atoms with Gasteiger partial charge in [0, 0.05) is 19.1 Å². The average Bonchev–Trinajstić information content (AvgIpc) is 3.00. The summed E-state index contributed by atoms with van der Waals surface area (Å²) in [5.74, 6) is 0.479. The fourth-order valence-corrected chi connectivity index (χ4v) is 2.04. The van der Waals surface area contributed by atoms with Crippen LogP contribution in [0.3, 0.4) is 0 Å². The third-order valence-electron chi connectivity index (χ3n) is 2.87. The Kier molecular flexibility index (Phi) is 3.06. The molecule has 2 rings (SSSR count). The van der Waals surface area contributed by atoms with Crippen LogP contribution < -0.4 is 5.73 Å². The van der Waals surface area contributed by atoms with Crippen LogP contribution in [0.25, 0.3) is 0 Å². The highest BCUT2D eigenvalue weighted by Gasteiger charge is 2.27. The quantitative estimate of drug-likeness (QED) is 0.737. The van der Waals surface area contributed by atoms with Gasteiger partial charge in [0.15, 0.2) is 4.77 Å². The molecule has 0 unspecified atom stereocenters. The van der Waals surface area contributed by atoms with Crippen LogP contribution in [-0.4, -0.2) is 38.8 Å². The third kappa shape index (κ3) is 2.38. The van der Waals surface area contributed by atoms with E-state index in [1.54, 1.807) is 0 Å². The Labute approximate surface area is 94.3 Å². The number of H-pyrrole nitrogens is 1. The van der Waals surface area contributed by atoms with E-state index < -0.39 is 0 Å². The third-order valence-corrected chi connectivity index (χ3v) is 3.18. The maximum Gasteiger partial charge on any atom is 0.220 e. The van der Waals surface area contributed by atoms with Gasteiger partial charge in [-0.05, 0) is 31.6 Å². The van der Waals surface area contributed by atoms with Gasteiger partial charge in [-0.25, -0.2) is 5.10 Å². The van der Waals surface area contributed by atoms with Crippen LogP contribution in [0.2, 0.25) is 0 Å². The van der Waals surface area contributed by atoms with Crippen molar-refractivity contribution in [1.82, 2.24) is 19.7 Å². The van der Waals surface area contributed by atoms with Crippen LogP contribution in [0, 0.1) is 4.77 Å². The highest BCUT2D eigenvalue weighted by Crippen LogP contribution is 2.26. The topological polar surface area (TPSA) is 62.9 Å². The van der Waals surface area contributed by atoms with Crippen molar-refractivity contribution in [3.05, 3.63) is 4.77 Å². The molecule has 3 N–H and O–H groups in total. The lowest BCUT2D eigenvalue weighted by Gasteiger charge is -2.19. The van der Waals surface area contributed by atoms with Crippen molar-refractivity contribution in [3.8, 4) is 0 Å². The first-order valence-electron chi connectivity index (χ1n) is 5.37. The van der Waals surface area contributed by atoms with E-state index in [0.717, 1.165) is 25.7 Å². The number of anilines is 1. The number of likely N-dealkylation sites (N-methyl/N-ethyl adjacent to an activating group) is 1. The number of nitrogens with one attached hydrogen (secondary N) is 1. The van der Waals surface area contributed by atoms with Crippen molar-refractivity contribution < 1.29 is 0 Å². The van der Waals surface area contributed by atoms with Gasteiger partial charge in [-0.2, -0.15) is 0 Å². The second kappa shape index (κ2) is 4.32. The lowest BCUT2D eigenvalue weighted by Crippen LogP contribution is -2.29. The summed E-state index contributed by atoms with van der Waals surface area (Å²) in [5.41, 5.74) is 5.70. The molecule has 84 valence electrons.